The van der Waals surface area contributed by atoms with Crippen molar-refractivity contribution in [1.29, 1.82) is 0 Å². The molecule has 0 bridgehead atoms. The molecule has 0 aliphatic heterocycles. The van der Waals surface area contributed by atoms with Crippen molar-refractivity contribution in [2.75, 3.05) is 23.0 Å². The summed E-state index contributed by atoms with van der Waals surface area (Å²) < 4.78 is 31.9. The summed E-state index contributed by atoms with van der Waals surface area (Å²) >= 11 is 5.58. The zero-order valence-electron chi connectivity index (χ0n) is 15.0. The third-order valence-corrected chi connectivity index (χ3v) is 5.81. The number of sulfonamides is 1. The van der Waals surface area contributed by atoms with Crippen LogP contribution < -0.4 is 4.72 Å². The molecule has 0 saturated heterocycles. The maximum atomic E-state index is 12.1. The van der Waals surface area contributed by atoms with Crippen molar-refractivity contribution < 1.29 is 17.9 Å². The van der Waals surface area contributed by atoms with Crippen molar-refractivity contribution in [3.8, 4) is 0 Å². The Morgan fingerprint density at radius 2 is 2.11 bits per heavy atom. The molecule has 27 heavy (non-hydrogen) atoms. The average Bonchev–Trinajstić information content (AvgIpc) is 2.98. The minimum absolute atomic E-state index is 0.0433. The predicted molar refractivity (Wildman–Crippen MR) is 107 cm³/mol. The quantitative estimate of drug-likeness (QED) is 0.458. The summed E-state index contributed by atoms with van der Waals surface area (Å²) in [5.74, 6) is -0.243. The Kier molecular flexibility index (Phi) is 5.57. The Morgan fingerprint density at radius 3 is 2.81 bits per heavy atom. The van der Waals surface area contributed by atoms with Crippen LogP contribution in [0, 0.1) is 6.92 Å². The maximum absolute atomic E-state index is 12.1. The molecule has 0 spiro atoms. The number of aromatic amines is 1. The first-order valence-electron chi connectivity index (χ1n) is 8.51. The van der Waals surface area contributed by atoms with E-state index in [0.717, 1.165) is 21.8 Å². The van der Waals surface area contributed by atoms with Crippen LogP contribution >= 0.6 is 11.6 Å². The van der Waals surface area contributed by atoms with Crippen LogP contribution in [0.1, 0.15) is 29.4 Å². The van der Waals surface area contributed by atoms with E-state index in [0.29, 0.717) is 17.7 Å². The number of rotatable bonds is 7. The van der Waals surface area contributed by atoms with E-state index >= 15 is 0 Å². The van der Waals surface area contributed by atoms with Crippen molar-refractivity contribution in [1.82, 2.24) is 9.97 Å². The SMILES string of the molecule is CCOC(=O)c1ncc2[nH]c3ccc(NS(=O)(=O)CCCCl)cc3c2c1C. The van der Waals surface area contributed by atoms with Crippen LogP contribution in [0.15, 0.2) is 24.4 Å². The van der Waals surface area contributed by atoms with Gasteiger partial charge in [-0.05, 0) is 44.0 Å². The summed E-state index contributed by atoms with van der Waals surface area (Å²) in [6.07, 6.45) is 1.96. The molecule has 2 heterocycles. The second-order valence-electron chi connectivity index (χ2n) is 6.09. The van der Waals surface area contributed by atoms with Crippen LogP contribution in [-0.2, 0) is 14.8 Å². The third kappa shape index (κ3) is 4.01. The van der Waals surface area contributed by atoms with E-state index in [4.69, 9.17) is 16.3 Å². The van der Waals surface area contributed by atoms with E-state index < -0.39 is 16.0 Å². The fourth-order valence-corrected chi connectivity index (χ4v) is 4.41. The lowest BCUT2D eigenvalue weighted by molar-refractivity contribution is 0.0519. The normalized spacial score (nSPS) is 11.8. The minimum atomic E-state index is -3.47. The number of halogens is 1. The van der Waals surface area contributed by atoms with Crippen molar-refractivity contribution in [2.24, 2.45) is 0 Å². The van der Waals surface area contributed by atoms with Gasteiger partial charge in [-0.2, -0.15) is 0 Å². The molecule has 2 N–H and O–H groups in total. The zero-order chi connectivity index (χ0) is 19.6. The Bertz CT molecular complexity index is 1110. The van der Waals surface area contributed by atoms with Crippen LogP contribution in [0.5, 0.6) is 0 Å². The van der Waals surface area contributed by atoms with Crippen LogP contribution in [-0.4, -0.2) is 42.6 Å². The highest BCUT2D eigenvalue weighted by Gasteiger charge is 2.18. The van der Waals surface area contributed by atoms with Gasteiger partial charge in [-0.15, -0.1) is 11.6 Å². The first kappa shape index (κ1) is 19.4. The van der Waals surface area contributed by atoms with Gasteiger partial charge < -0.3 is 9.72 Å². The van der Waals surface area contributed by atoms with E-state index in [1.54, 1.807) is 38.2 Å². The Labute approximate surface area is 162 Å². The molecule has 0 unspecified atom stereocenters. The van der Waals surface area contributed by atoms with Crippen LogP contribution in [0.25, 0.3) is 21.8 Å². The molecule has 7 nitrogen and oxygen atoms in total. The second kappa shape index (κ2) is 7.74. The standard InChI is InChI=1S/C18H20ClN3O4S/c1-3-26-18(23)17-11(2)16-13-9-12(22-27(24,25)8-4-7-19)5-6-14(13)21-15(16)10-20-17/h5-6,9-10,21-22H,3-4,7-8H2,1-2H3. The number of nitrogens with one attached hydrogen (secondary N) is 2. The second-order valence-corrected chi connectivity index (χ2v) is 8.31. The molecule has 0 amide bonds. The number of carbonyl (C=O) groups excluding carboxylic acids is 1. The Morgan fingerprint density at radius 1 is 1.33 bits per heavy atom. The summed E-state index contributed by atoms with van der Waals surface area (Å²) in [6, 6.07) is 5.22. The van der Waals surface area contributed by atoms with E-state index in [1.807, 2.05) is 0 Å². The number of aromatic nitrogens is 2. The van der Waals surface area contributed by atoms with Crippen molar-refractivity contribution in [3.05, 3.63) is 35.7 Å². The fourth-order valence-electron chi connectivity index (χ4n) is 3.00. The van der Waals surface area contributed by atoms with Crippen LogP contribution in [0.2, 0.25) is 0 Å². The largest absolute Gasteiger partial charge is 0.461 e. The summed E-state index contributed by atoms with van der Waals surface area (Å²) in [7, 11) is -3.47. The lowest BCUT2D eigenvalue weighted by Crippen LogP contribution is -2.16. The Balaban J connectivity index is 2.08. The number of hydrogen-bond acceptors (Lipinski definition) is 5. The number of fused-ring (bicyclic) bond motifs is 3. The van der Waals surface area contributed by atoms with Crippen molar-refractivity contribution >= 4 is 55.1 Å². The molecule has 0 aliphatic carbocycles. The molecule has 2 aromatic heterocycles. The third-order valence-electron chi connectivity index (χ3n) is 4.17. The number of ether oxygens (including phenoxy) is 1. The van der Waals surface area contributed by atoms with Crippen molar-refractivity contribution in [2.45, 2.75) is 20.3 Å². The van der Waals surface area contributed by atoms with Crippen LogP contribution in [0.3, 0.4) is 0 Å². The number of H-pyrrole nitrogens is 1. The number of hydrogen-bond donors (Lipinski definition) is 2. The molecule has 0 fully saturated rings. The zero-order valence-corrected chi connectivity index (χ0v) is 16.6. The van der Waals surface area contributed by atoms with Gasteiger partial charge in [-0.3, -0.25) is 4.72 Å². The topological polar surface area (TPSA) is 101 Å². The summed E-state index contributed by atoms with van der Waals surface area (Å²) in [4.78, 5) is 19.6. The average molecular weight is 410 g/mol. The lowest BCUT2D eigenvalue weighted by Gasteiger charge is -2.08. The highest BCUT2D eigenvalue weighted by molar-refractivity contribution is 7.92. The fraction of sp³-hybridized carbons (Fsp3) is 0.333. The molecule has 0 saturated carbocycles. The van der Waals surface area contributed by atoms with Gasteiger partial charge in [-0.1, -0.05) is 0 Å². The van der Waals surface area contributed by atoms with E-state index in [2.05, 4.69) is 14.7 Å². The molecule has 0 radical (unpaired) electrons. The smallest absolute Gasteiger partial charge is 0.357 e. The molecule has 0 atom stereocenters. The summed E-state index contributed by atoms with van der Waals surface area (Å²) in [5, 5.41) is 1.61. The number of nitrogens with zero attached hydrogens (tertiary/aromatic N) is 1. The number of anilines is 1. The lowest BCUT2D eigenvalue weighted by atomic mass is 10.1. The number of aryl methyl sites for hydroxylation is 1. The van der Waals surface area contributed by atoms with Crippen LogP contribution in [0.4, 0.5) is 5.69 Å². The maximum Gasteiger partial charge on any atom is 0.357 e. The molecule has 3 rings (SSSR count). The summed E-state index contributed by atoms with van der Waals surface area (Å²) in [6.45, 7) is 3.80. The van der Waals surface area contributed by atoms with E-state index in [-0.39, 0.29) is 23.9 Å². The monoisotopic (exact) mass is 409 g/mol. The molecule has 0 aliphatic rings. The van der Waals surface area contributed by atoms with Gasteiger partial charge in [-0.25, -0.2) is 18.2 Å². The van der Waals surface area contributed by atoms with Gasteiger partial charge in [0.1, 0.15) is 0 Å². The molecule has 3 aromatic rings. The molecule has 9 heteroatoms. The number of carbonyl (C=O) groups is 1. The minimum Gasteiger partial charge on any atom is -0.461 e. The molecule has 144 valence electrons. The highest BCUT2D eigenvalue weighted by atomic mass is 35.5. The first-order chi connectivity index (χ1) is 12.9. The predicted octanol–water partition coefficient (Wildman–Crippen LogP) is 3.57. The number of pyridine rings is 1. The van der Waals surface area contributed by atoms with Gasteiger partial charge in [0, 0.05) is 27.9 Å². The van der Waals surface area contributed by atoms with Crippen molar-refractivity contribution in [3.63, 3.8) is 0 Å². The summed E-state index contributed by atoms with van der Waals surface area (Å²) in [5.41, 5.74) is 2.96. The van der Waals surface area contributed by atoms with Gasteiger partial charge in [0.15, 0.2) is 5.69 Å². The van der Waals surface area contributed by atoms with Gasteiger partial charge in [0.05, 0.1) is 24.1 Å². The number of alkyl halides is 1. The number of esters is 1. The first-order valence-corrected chi connectivity index (χ1v) is 10.7. The van der Waals surface area contributed by atoms with E-state index in [9.17, 15) is 13.2 Å². The Hall–Kier alpha value is -2.32. The number of benzene rings is 1. The molecular formula is C18H20ClN3O4S. The highest BCUT2D eigenvalue weighted by Crippen LogP contribution is 2.31. The molecular weight excluding hydrogens is 390 g/mol. The molecule has 1 aromatic carbocycles. The van der Waals surface area contributed by atoms with Gasteiger partial charge in [0.25, 0.3) is 0 Å². The van der Waals surface area contributed by atoms with Gasteiger partial charge >= 0.3 is 5.97 Å². The van der Waals surface area contributed by atoms with E-state index in [1.165, 1.54) is 0 Å². The van der Waals surface area contributed by atoms with Gasteiger partial charge in [0.2, 0.25) is 10.0 Å².